The molecule has 1 N–H and O–H groups in total. The molecule has 0 aliphatic carbocycles. The van der Waals surface area contributed by atoms with Gasteiger partial charge in [-0.05, 0) is 55.5 Å². The quantitative estimate of drug-likeness (QED) is 0.682. The zero-order valence-corrected chi connectivity index (χ0v) is 17.6. The minimum Gasteiger partial charge on any atom is -0.337 e. The zero-order chi connectivity index (χ0) is 22.0. The predicted molar refractivity (Wildman–Crippen MR) is 113 cm³/mol. The molecule has 0 spiro atoms. The number of carbonyl (C=O) groups is 2. The number of nitrogens with zero attached hydrogens (tertiary/aromatic N) is 5. The van der Waals surface area contributed by atoms with Crippen molar-refractivity contribution < 1.29 is 14.0 Å². The van der Waals surface area contributed by atoms with E-state index >= 15 is 0 Å². The van der Waals surface area contributed by atoms with Crippen molar-refractivity contribution in [2.24, 2.45) is 20.0 Å². The van der Waals surface area contributed by atoms with Crippen LogP contribution in [0.3, 0.4) is 0 Å². The van der Waals surface area contributed by atoms with Gasteiger partial charge in [-0.3, -0.25) is 19.0 Å². The number of likely N-dealkylation sites (tertiary alicyclic amines) is 1. The largest absolute Gasteiger partial charge is 0.337 e. The Kier molecular flexibility index (Phi) is 5.83. The van der Waals surface area contributed by atoms with Crippen molar-refractivity contribution in [2.75, 3.05) is 18.4 Å². The molecule has 1 fully saturated rings. The van der Waals surface area contributed by atoms with Gasteiger partial charge < -0.3 is 10.2 Å². The summed E-state index contributed by atoms with van der Waals surface area (Å²) in [4.78, 5) is 27.3. The number of hydrogen-bond donors (Lipinski definition) is 1. The molecule has 0 unspecified atom stereocenters. The lowest BCUT2D eigenvalue weighted by Crippen LogP contribution is -2.39. The zero-order valence-electron chi connectivity index (χ0n) is 17.6. The molecule has 0 bridgehead atoms. The Labute approximate surface area is 179 Å². The predicted octanol–water partition coefficient (Wildman–Crippen LogP) is 2.64. The smallest absolute Gasteiger partial charge is 0.272 e. The summed E-state index contributed by atoms with van der Waals surface area (Å²) in [6, 6.07) is 7.39. The van der Waals surface area contributed by atoms with Gasteiger partial charge in [0.15, 0.2) is 0 Å². The first-order valence-corrected chi connectivity index (χ1v) is 10.3. The summed E-state index contributed by atoms with van der Waals surface area (Å²) >= 11 is 0. The second kappa shape index (κ2) is 8.71. The number of benzene rings is 1. The lowest BCUT2D eigenvalue weighted by Gasteiger charge is -2.31. The van der Waals surface area contributed by atoms with Crippen LogP contribution >= 0.6 is 0 Å². The van der Waals surface area contributed by atoms with Crippen LogP contribution in [0.1, 0.15) is 39.4 Å². The number of anilines is 1. The molecule has 1 aliphatic heterocycles. The van der Waals surface area contributed by atoms with Crippen molar-refractivity contribution in [2.45, 2.75) is 19.3 Å². The van der Waals surface area contributed by atoms with Crippen LogP contribution < -0.4 is 5.32 Å². The molecule has 3 heterocycles. The summed E-state index contributed by atoms with van der Waals surface area (Å²) in [5, 5.41) is 11.4. The van der Waals surface area contributed by atoms with E-state index in [0.29, 0.717) is 42.4 Å². The highest BCUT2D eigenvalue weighted by Gasteiger charge is 2.27. The van der Waals surface area contributed by atoms with Crippen LogP contribution in [0.5, 0.6) is 0 Å². The minimum absolute atomic E-state index is 0.00403. The van der Waals surface area contributed by atoms with E-state index in [4.69, 9.17) is 0 Å². The van der Waals surface area contributed by atoms with Gasteiger partial charge in [-0.2, -0.15) is 10.2 Å². The van der Waals surface area contributed by atoms with E-state index in [1.54, 1.807) is 41.9 Å². The van der Waals surface area contributed by atoms with E-state index in [-0.39, 0.29) is 17.6 Å². The van der Waals surface area contributed by atoms with Gasteiger partial charge in [-0.1, -0.05) is 0 Å². The molecule has 4 rings (SSSR count). The van der Waals surface area contributed by atoms with E-state index in [2.05, 4.69) is 15.5 Å². The highest BCUT2D eigenvalue weighted by molar-refractivity contribution is 6.04. The van der Waals surface area contributed by atoms with E-state index in [1.807, 2.05) is 4.90 Å². The van der Waals surface area contributed by atoms with Crippen molar-refractivity contribution >= 4 is 17.5 Å². The van der Waals surface area contributed by atoms with Gasteiger partial charge in [0, 0.05) is 45.3 Å². The Morgan fingerprint density at radius 1 is 1.13 bits per heavy atom. The lowest BCUT2D eigenvalue weighted by atomic mass is 9.91. The molecular formula is C22H25FN6O2. The number of nitrogens with one attached hydrogen (secondary N) is 1. The van der Waals surface area contributed by atoms with Crippen molar-refractivity contribution in [1.82, 2.24) is 24.5 Å². The number of hydrogen-bond acceptors (Lipinski definition) is 4. The molecule has 2 aromatic heterocycles. The fourth-order valence-electron chi connectivity index (χ4n) is 3.97. The van der Waals surface area contributed by atoms with Crippen molar-refractivity contribution in [1.29, 1.82) is 0 Å². The maximum atomic E-state index is 13.1. The SMILES string of the molecule is Cn1cc(C(=O)Nc2ccc(F)cc2)c(CC2CCN(C(=O)c3ccnn3C)CC2)n1. The van der Waals surface area contributed by atoms with Gasteiger partial charge >= 0.3 is 0 Å². The molecular weight excluding hydrogens is 399 g/mol. The maximum absolute atomic E-state index is 13.1. The number of aryl methyl sites for hydroxylation is 2. The van der Waals surface area contributed by atoms with Gasteiger partial charge in [0.25, 0.3) is 11.8 Å². The summed E-state index contributed by atoms with van der Waals surface area (Å²) in [5.41, 5.74) is 2.37. The van der Waals surface area contributed by atoms with Crippen LogP contribution in [-0.2, 0) is 20.5 Å². The third-order valence-electron chi connectivity index (χ3n) is 5.68. The van der Waals surface area contributed by atoms with Crippen LogP contribution in [0.15, 0.2) is 42.7 Å². The molecule has 1 aliphatic rings. The number of halogens is 1. The second-order valence-electron chi connectivity index (χ2n) is 7.90. The van der Waals surface area contributed by atoms with E-state index in [9.17, 15) is 14.0 Å². The van der Waals surface area contributed by atoms with Crippen LogP contribution in [0.25, 0.3) is 0 Å². The molecule has 0 saturated carbocycles. The molecule has 1 aromatic carbocycles. The summed E-state index contributed by atoms with van der Waals surface area (Å²) in [6.45, 7) is 1.33. The molecule has 31 heavy (non-hydrogen) atoms. The second-order valence-corrected chi connectivity index (χ2v) is 7.90. The van der Waals surface area contributed by atoms with Gasteiger partial charge in [-0.15, -0.1) is 0 Å². The Bertz CT molecular complexity index is 1080. The highest BCUT2D eigenvalue weighted by Crippen LogP contribution is 2.24. The first-order valence-electron chi connectivity index (χ1n) is 10.3. The van der Waals surface area contributed by atoms with Gasteiger partial charge in [0.1, 0.15) is 11.5 Å². The number of carbonyl (C=O) groups excluding carboxylic acids is 2. The van der Waals surface area contributed by atoms with E-state index in [1.165, 1.54) is 24.3 Å². The van der Waals surface area contributed by atoms with Gasteiger partial charge in [0.05, 0.1) is 11.3 Å². The first-order chi connectivity index (χ1) is 14.9. The van der Waals surface area contributed by atoms with Crippen molar-refractivity contribution in [3.63, 3.8) is 0 Å². The van der Waals surface area contributed by atoms with Crippen LogP contribution in [0, 0.1) is 11.7 Å². The number of rotatable bonds is 5. The van der Waals surface area contributed by atoms with E-state index < -0.39 is 0 Å². The number of piperidine rings is 1. The number of amides is 2. The van der Waals surface area contributed by atoms with Gasteiger partial charge in [-0.25, -0.2) is 4.39 Å². The monoisotopic (exact) mass is 424 g/mol. The maximum Gasteiger partial charge on any atom is 0.272 e. The standard InChI is InChI=1S/C22H25FN6O2/c1-27-14-18(21(30)25-17-5-3-16(23)4-6-17)19(26-27)13-15-8-11-29(12-9-15)22(31)20-7-10-24-28(20)2/h3-7,10,14-15H,8-9,11-13H2,1-2H3,(H,25,30). The van der Waals surface area contributed by atoms with Crippen LogP contribution in [0.2, 0.25) is 0 Å². The molecule has 162 valence electrons. The Hall–Kier alpha value is -3.49. The normalized spacial score (nSPS) is 14.6. The van der Waals surface area contributed by atoms with Crippen LogP contribution in [-0.4, -0.2) is 49.4 Å². The molecule has 8 nitrogen and oxygen atoms in total. The molecule has 3 aromatic rings. The Morgan fingerprint density at radius 2 is 1.84 bits per heavy atom. The molecule has 9 heteroatoms. The molecule has 2 amide bonds. The van der Waals surface area contributed by atoms with Crippen molar-refractivity contribution in [3.8, 4) is 0 Å². The summed E-state index contributed by atoms with van der Waals surface area (Å²) in [7, 11) is 3.55. The number of aromatic nitrogens is 4. The fraction of sp³-hybridized carbons (Fsp3) is 0.364. The molecule has 0 atom stereocenters. The Balaban J connectivity index is 1.38. The topological polar surface area (TPSA) is 85.0 Å². The average molecular weight is 424 g/mol. The fourth-order valence-corrected chi connectivity index (χ4v) is 3.97. The summed E-state index contributed by atoms with van der Waals surface area (Å²) in [5.74, 6) is -0.287. The lowest BCUT2D eigenvalue weighted by molar-refractivity contribution is 0.0679. The van der Waals surface area contributed by atoms with Gasteiger partial charge in [0.2, 0.25) is 0 Å². The Morgan fingerprint density at radius 3 is 2.48 bits per heavy atom. The molecule has 1 saturated heterocycles. The van der Waals surface area contributed by atoms with Crippen LogP contribution in [0.4, 0.5) is 10.1 Å². The average Bonchev–Trinajstić information content (AvgIpc) is 3.35. The highest BCUT2D eigenvalue weighted by atomic mass is 19.1. The molecule has 0 radical (unpaired) electrons. The summed E-state index contributed by atoms with van der Waals surface area (Å²) < 4.78 is 16.3. The third-order valence-corrected chi connectivity index (χ3v) is 5.68. The summed E-state index contributed by atoms with van der Waals surface area (Å²) in [6.07, 6.45) is 5.69. The third kappa shape index (κ3) is 4.65. The van der Waals surface area contributed by atoms with Crippen molar-refractivity contribution in [3.05, 3.63) is 65.5 Å². The van der Waals surface area contributed by atoms with E-state index in [0.717, 1.165) is 18.5 Å². The first kappa shape index (κ1) is 20.8. The minimum atomic E-state index is -0.353.